The lowest BCUT2D eigenvalue weighted by Crippen LogP contribution is -2.67. The topological polar surface area (TPSA) is 88.6 Å². The first-order valence-electron chi connectivity index (χ1n) is 10.7. The Labute approximate surface area is 213 Å². The first-order valence-corrected chi connectivity index (χ1v) is 11.6. The van der Waals surface area contributed by atoms with E-state index in [0.717, 1.165) is 29.3 Å². The van der Waals surface area contributed by atoms with Crippen LogP contribution < -0.4 is 5.32 Å². The third-order valence-electron chi connectivity index (χ3n) is 5.80. The molecule has 0 saturated heterocycles. The largest absolute Gasteiger partial charge is 0.466 e. The Kier molecular flexibility index (Phi) is 8.45. The highest BCUT2D eigenvalue weighted by atomic mass is 35.5. The number of pyridine rings is 1. The molecule has 1 aliphatic carbocycles. The molecule has 0 bridgehead atoms. The van der Waals surface area contributed by atoms with Crippen molar-refractivity contribution in [3.63, 3.8) is 0 Å². The smallest absolute Gasteiger partial charge is 0.416 e. The zero-order valence-corrected chi connectivity index (χ0v) is 20.4. The lowest BCUT2D eigenvalue weighted by molar-refractivity contribution is -0.167. The van der Waals surface area contributed by atoms with Crippen LogP contribution in [-0.2, 0) is 31.8 Å². The van der Waals surface area contributed by atoms with Crippen molar-refractivity contribution in [1.29, 1.82) is 0 Å². The van der Waals surface area contributed by atoms with Gasteiger partial charge in [0.15, 0.2) is 11.6 Å². The zero-order chi connectivity index (χ0) is 26.7. The predicted molar refractivity (Wildman–Crippen MR) is 123 cm³/mol. The first kappa shape index (κ1) is 27.7. The fourth-order valence-corrected chi connectivity index (χ4v) is 4.26. The van der Waals surface area contributed by atoms with Gasteiger partial charge in [0.2, 0.25) is 5.91 Å². The molecular weight excluding hydrogens is 529 g/mol. The number of halogens is 6. The number of carbonyl (C=O) groups excluding carboxylic acids is 3. The lowest BCUT2D eigenvalue weighted by atomic mass is 9.66. The van der Waals surface area contributed by atoms with E-state index in [1.165, 1.54) is 12.1 Å². The number of esters is 1. The summed E-state index contributed by atoms with van der Waals surface area (Å²) in [5, 5.41) is 2.32. The van der Waals surface area contributed by atoms with Gasteiger partial charge in [0.25, 0.3) is 5.91 Å². The Balaban J connectivity index is 1.95. The molecule has 0 aliphatic heterocycles. The summed E-state index contributed by atoms with van der Waals surface area (Å²) in [6, 6.07) is 4.97. The molecule has 3 rings (SSSR count). The summed E-state index contributed by atoms with van der Waals surface area (Å²) in [7, 11) is 0. The molecule has 7 nitrogen and oxygen atoms in total. The van der Waals surface area contributed by atoms with Crippen LogP contribution in [-0.4, -0.2) is 45.7 Å². The molecule has 2 amide bonds. The Morgan fingerprint density at radius 1 is 1.22 bits per heavy atom. The minimum atomic E-state index is -4.55. The van der Waals surface area contributed by atoms with Gasteiger partial charge in [-0.3, -0.25) is 14.4 Å². The van der Waals surface area contributed by atoms with Gasteiger partial charge in [0.05, 0.1) is 23.1 Å². The fourth-order valence-electron chi connectivity index (χ4n) is 3.97. The minimum Gasteiger partial charge on any atom is -0.466 e. The number of ether oxygens (including phenoxy) is 1. The maximum absolute atomic E-state index is 14.3. The molecule has 1 aromatic carbocycles. The van der Waals surface area contributed by atoms with E-state index in [-0.39, 0.29) is 36.6 Å². The van der Waals surface area contributed by atoms with Crippen LogP contribution in [0.15, 0.2) is 36.5 Å². The number of rotatable bonds is 8. The molecule has 2 aromatic rings. The van der Waals surface area contributed by atoms with E-state index >= 15 is 0 Å². The van der Waals surface area contributed by atoms with Crippen LogP contribution in [0.4, 0.5) is 23.4 Å². The molecule has 1 saturated carbocycles. The van der Waals surface area contributed by atoms with Gasteiger partial charge in [0.1, 0.15) is 11.4 Å². The quantitative estimate of drug-likeness (QED) is 0.290. The Morgan fingerprint density at radius 3 is 2.39 bits per heavy atom. The van der Waals surface area contributed by atoms with Gasteiger partial charge in [-0.2, -0.15) is 13.2 Å². The molecule has 0 radical (unpaired) electrons. The molecule has 0 unspecified atom stereocenters. The van der Waals surface area contributed by atoms with Crippen LogP contribution >= 0.6 is 23.2 Å². The molecule has 1 fully saturated rings. The number of alkyl halides is 4. The van der Waals surface area contributed by atoms with Crippen LogP contribution in [0.3, 0.4) is 0 Å². The van der Waals surface area contributed by atoms with Crippen molar-refractivity contribution in [2.45, 2.75) is 38.0 Å². The van der Waals surface area contributed by atoms with Crippen molar-refractivity contribution < 1.29 is 36.7 Å². The van der Waals surface area contributed by atoms with Gasteiger partial charge in [-0.1, -0.05) is 23.7 Å². The molecular formula is C23H21Cl2F4N3O4. The minimum absolute atomic E-state index is 0.00696. The SMILES string of the molecule is CCOC(=O)C1CC(C(=O)Nc2ncc(Cl)cc2F)(N(Cc2ccc(C(F)(F)F)cc2)C(=O)CCl)C1. The molecule has 1 aromatic heterocycles. The van der Waals surface area contributed by atoms with Crippen LogP contribution in [0.25, 0.3) is 0 Å². The van der Waals surface area contributed by atoms with Gasteiger partial charge in [-0.05, 0) is 43.5 Å². The van der Waals surface area contributed by atoms with Crippen molar-refractivity contribution in [2.24, 2.45) is 5.92 Å². The standard InChI is InChI=1S/C23H21Cl2F4N3O4/c1-2-36-20(34)14-8-22(9-14,21(35)31-19-17(26)7-16(25)11-30-19)32(18(33)10-24)12-13-3-5-15(6-4-13)23(27,28)29/h3-7,11,14H,2,8-10,12H2,1H3,(H,30,31,35). The maximum atomic E-state index is 14.3. The van der Waals surface area contributed by atoms with E-state index in [9.17, 15) is 31.9 Å². The summed E-state index contributed by atoms with van der Waals surface area (Å²) < 4.78 is 58.1. The first-order chi connectivity index (χ1) is 16.9. The number of benzene rings is 1. The summed E-state index contributed by atoms with van der Waals surface area (Å²) in [6.07, 6.45) is -3.78. The second-order valence-electron chi connectivity index (χ2n) is 8.14. The second-order valence-corrected chi connectivity index (χ2v) is 8.84. The number of amides is 2. The Morgan fingerprint density at radius 2 is 1.86 bits per heavy atom. The summed E-state index contributed by atoms with van der Waals surface area (Å²) in [5.41, 5.74) is -2.27. The lowest BCUT2D eigenvalue weighted by Gasteiger charge is -2.51. The summed E-state index contributed by atoms with van der Waals surface area (Å²) >= 11 is 11.5. The number of aromatic nitrogens is 1. The zero-order valence-electron chi connectivity index (χ0n) is 18.9. The van der Waals surface area contributed by atoms with E-state index in [1.807, 2.05) is 0 Å². The van der Waals surface area contributed by atoms with Gasteiger partial charge in [0, 0.05) is 12.7 Å². The summed E-state index contributed by atoms with van der Waals surface area (Å²) in [5.74, 6) is -4.80. The summed E-state index contributed by atoms with van der Waals surface area (Å²) in [6.45, 7) is 1.42. The van der Waals surface area contributed by atoms with Crippen molar-refractivity contribution in [1.82, 2.24) is 9.88 Å². The third kappa shape index (κ3) is 5.89. The highest BCUT2D eigenvalue weighted by molar-refractivity contribution is 6.30. The molecule has 13 heteroatoms. The van der Waals surface area contributed by atoms with Gasteiger partial charge in [-0.15, -0.1) is 11.6 Å². The summed E-state index contributed by atoms with van der Waals surface area (Å²) in [4.78, 5) is 43.4. The monoisotopic (exact) mass is 549 g/mol. The Bertz CT molecular complexity index is 1140. The van der Waals surface area contributed by atoms with Crippen LogP contribution in [0.1, 0.15) is 30.9 Å². The van der Waals surface area contributed by atoms with Crippen molar-refractivity contribution in [3.05, 3.63) is 58.5 Å². The van der Waals surface area contributed by atoms with E-state index in [4.69, 9.17) is 27.9 Å². The average Bonchev–Trinajstić information content (AvgIpc) is 2.79. The highest BCUT2D eigenvalue weighted by Gasteiger charge is 2.58. The highest BCUT2D eigenvalue weighted by Crippen LogP contribution is 2.45. The number of hydrogen-bond donors (Lipinski definition) is 1. The van der Waals surface area contributed by atoms with Crippen LogP contribution in [0.2, 0.25) is 5.02 Å². The van der Waals surface area contributed by atoms with E-state index in [0.29, 0.717) is 0 Å². The number of nitrogens with one attached hydrogen (secondary N) is 1. The normalized spacial score (nSPS) is 19.2. The van der Waals surface area contributed by atoms with Crippen molar-refractivity contribution in [3.8, 4) is 0 Å². The van der Waals surface area contributed by atoms with E-state index in [1.54, 1.807) is 6.92 Å². The fraction of sp³-hybridized carbons (Fsp3) is 0.391. The number of anilines is 1. The second kappa shape index (κ2) is 11.0. The van der Waals surface area contributed by atoms with Crippen LogP contribution in [0.5, 0.6) is 0 Å². The third-order valence-corrected chi connectivity index (χ3v) is 6.24. The Hall–Kier alpha value is -2.92. The molecule has 36 heavy (non-hydrogen) atoms. The van der Waals surface area contributed by atoms with Crippen molar-refractivity contribution >= 4 is 46.8 Å². The molecule has 1 aliphatic rings. The van der Waals surface area contributed by atoms with E-state index < -0.39 is 58.5 Å². The molecule has 0 atom stereocenters. The number of carbonyl (C=O) groups is 3. The molecule has 1 heterocycles. The maximum Gasteiger partial charge on any atom is 0.416 e. The van der Waals surface area contributed by atoms with Crippen molar-refractivity contribution in [2.75, 3.05) is 17.8 Å². The van der Waals surface area contributed by atoms with Gasteiger partial charge >= 0.3 is 12.1 Å². The molecule has 194 valence electrons. The molecule has 0 spiro atoms. The average molecular weight is 550 g/mol. The number of nitrogens with zero attached hydrogens (tertiary/aromatic N) is 2. The van der Waals surface area contributed by atoms with E-state index in [2.05, 4.69) is 10.3 Å². The van der Waals surface area contributed by atoms with Gasteiger partial charge in [-0.25, -0.2) is 9.37 Å². The van der Waals surface area contributed by atoms with Gasteiger partial charge < -0.3 is 15.0 Å². The number of hydrogen-bond acceptors (Lipinski definition) is 5. The predicted octanol–water partition coefficient (Wildman–Crippen LogP) is 4.81. The van der Waals surface area contributed by atoms with Crippen LogP contribution in [0, 0.1) is 11.7 Å². The molecule has 1 N–H and O–H groups in total.